The van der Waals surface area contributed by atoms with E-state index in [2.05, 4.69) is 15.6 Å². The molecule has 0 unspecified atom stereocenters. The van der Waals surface area contributed by atoms with E-state index in [0.717, 1.165) is 23.9 Å². The monoisotopic (exact) mass is 260 g/mol. The number of benzene rings is 1. The number of hydrogen-bond donors (Lipinski definition) is 3. The number of nitrogens with one attached hydrogen (secondary N) is 3. The number of imidazole rings is 1. The van der Waals surface area contributed by atoms with Gasteiger partial charge in [-0.15, -0.1) is 0 Å². The number of H-pyrrole nitrogens is 1. The first-order valence-corrected chi connectivity index (χ1v) is 6.46. The molecule has 0 bridgehead atoms. The van der Waals surface area contributed by atoms with E-state index in [9.17, 15) is 9.59 Å². The highest BCUT2D eigenvalue weighted by Gasteiger charge is 2.22. The van der Waals surface area contributed by atoms with Gasteiger partial charge in [0, 0.05) is 19.1 Å². The van der Waals surface area contributed by atoms with Crippen molar-refractivity contribution in [1.29, 1.82) is 0 Å². The summed E-state index contributed by atoms with van der Waals surface area (Å²) in [5.74, 6) is 0. The second-order valence-corrected chi connectivity index (χ2v) is 4.77. The van der Waals surface area contributed by atoms with Crippen LogP contribution in [0.5, 0.6) is 0 Å². The van der Waals surface area contributed by atoms with Gasteiger partial charge in [0.15, 0.2) is 0 Å². The summed E-state index contributed by atoms with van der Waals surface area (Å²) in [4.78, 5) is 26.0. The largest absolute Gasteiger partial charge is 0.336 e. The van der Waals surface area contributed by atoms with E-state index < -0.39 is 0 Å². The van der Waals surface area contributed by atoms with Crippen LogP contribution in [0.25, 0.3) is 11.0 Å². The van der Waals surface area contributed by atoms with E-state index in [1.807, 2.05) is 24.3 Å². The lowest BCUT2D eigenvalue weighted by molar-refractivity contribution is 0.240. The van der Waals surface area contributed by atoms with Crippen molar-refractivity contribution >= 4 is 17.1 Å². The first kappa shape index (κ1) is 11.8. The Morgan fingerprint density at radius 3 is 2.95 bits per heavy atom. The van der Waals surface area contributed by atoms with Crippen molar-refractivity contribution in [3.63, 3.8) is 0 Å². The number of urea groups is 1. The third kappa shape index (κ3) is 2.62. The number of para-hydroxylation sites is 2. The van der Waals surface area contributed by atoms with Crippen molar-refractivity contribution in [2.24, 2.45) is 0 Å². The normalized spacial score (nSPS) is 14.5. The molecule has 100 valence electrons. The number of amides is 2. The quantitative estimate of drug-likeness (QED) is 0.760. The highest BCUT2D eigenvalue weighted by Crippen LogP contribution is 2.18. The smallest absolute Gasteiger partial charge is 0.326 e. The lowest BCUT2D eigenvalue weighted by Crippen LogP contribution is -2.39. The Hall–Kier alpha value is -2.24. The Bertz CT molecular complexity index is 654. The molecule has 1 aliphatic carbocycles. The lowest BCUT2D eigenvalue weighted by Gasteiger charge is -2.07. The van der Waals surface area contributed by atoms with Crippen molar-refractivity contribution in [3.8, 4) is 0 Å². The molecule has 3 N–H and O–H groups in total. The summed E-state index contributed by atoms with van der Waals surface area (Å²) < 4.78 is 1.63. The second-order valence-electron chi connectivity index (χ2n) is 4.77. The first-order valence-electron chi connectivity index (χ1n) is 6.46. The Labute approximate surface area is 109 Å². The van der Waals surface area contributed by atoms with E-state index >= 15 is 0 Å². The van der Waals surface area contributed by atoms with Crippen LogP contribution < -0.4 is 16.3 Å². The molecule has 1 aliphatic rings. The van der Waals surface area contributed by atoms with Crippen LogP contribution in [0.4, 0.5) is 4.79 Å². The predicted octanol–water partition coefficient (Wildman–Crippen LogP) is 0.791. The zero-order valence-corrected chi connectivity index (χ0v) is 10.5. The van der Waals surface area contributed by atoms with Crippen LogP contribution in [0.2, 0.25) is 0 Å². The summed E-state index contributed by atoms with van der Waals surface area (Å²) in [5.41, 5.74) is 1.53. The number of aromatic nitrogens is 2. The zero-order valence-electron chi connectivity index (χ0n) is 10.5. The summed E-state index contributed by atoms with van der Waals surface area (Å²) in [5, 5.41) is 5.60. The number of hydrogen-bond acceptors (Lipinski definition) is 2. The Morgan fingerprint density at radius 1 is 1.37 bits per heavy atom. The summed E-state index contributed by atoms with van der Waals surface area (Å²) in [6.45, 7) is 0.890. The molecule has 6 heteroatoms. The van der Waals surface area contributed by atoms with Crippen molar-refractivity contribution < 1.29 is 4.79 Å². The van der Waals surface area contributed by atoms with Gasteiger partial charge in [0.1, 0.15) is 0 Å². The Morgan fingerprint density at radius 2 is 2.16 bits per heavy atom. The van der Waals surface area contributed by atoms with Gasteiger partial charge in [0.05, 0.1) is 11.0 Å². The minimum atomic E-state index is -0.157. The summed E-state index contributed by atoms with van der Waals surface area (Å²) in [6, 6.07) is 7.70. The van der Waals surface area contributed by atoms with Gasteiger partial charge in [0.25, 0.3) is 0 Å². The molecule has 0 atom stereocenters. The summed E-state index contributed by atoms with van der Waals surface area (Å²) in [7, 11) is 0. The average Bonchev–Trinajstić information content (AvgIpc) is 3.14. The van der Waals surface area contributed by atoms with Gasteiger partial charge >= 0.3 is 11.7 Å². The van der Waals surface area contributed by atoms with Gasteiger partial charge in [-0.2, -0.15) is 0 Å². The van der Waals surface area contributed by atoms with Crippen molar-refractivity contribution in [2.45, 2.75) is 25.4 Å². The fourth-order valence-electron chi connectivity index (χ4n) is 2.07. The average molecular weight is 260 g/mol. The SMILES string of the molecule is O=C(NCCn1c(=O)[nH]c2ccccc21)NC1CC1. The number of rotatable bonds is 4. The molecule has 1 aromatic carbocycles. The van der Waals surface area contributed by atoms with Gasteiger partial charge in [0.2, 0.25) is 0 Å². The van der Waals surface area contributed by atoms with Crippen LogP contribution >= 0.6 is 0 Å². The number of carbonyl (C=O) groups is 1. The van der Waals surface area contributed by atoms with Gasteiger partial charge in [-0.1, -0.05) is 12.1 Å². The zero-order chi connectivity index (χ0) is 13.2. The molecule has 1 fully saturated rings. The molecule has 2 amide bonds. The molecule has 1 aromatic heterocycles. The molecule has 3 rings (SSSR count). The second kappa shape index (κ2) is 4.79. The molecule has 0 radical (unpaired) electrons. The van der Waals surface area contributed by atoms with Crippen LogP contribution in [0.3, 0.4) is 0 Å². The van der Waals surface area contributed by atoms with Crippen LogP contribution in [0, 0.1) is 0 Å². The van der Waals surface area contributed by atoms with Crippen molar-refractivity contribution in [1.82, 2.24) is 20.2 Å². The maximum absolute atomic E-state index is 11.8. The first-order chi connectivity index (χ1) is 9.24. The highest BCUT2D eigenvalue weighted by molar-refractivity contribution is 5.75. The molecule has 0 saturated heterocycles. The van der Waals surface area contributed by atoms with Crippen LogP contribution in [0.1, 0.15) is 12.8 Å². The van der Waals surface area contributed by atoms with Gasteiger partial charge < -0.3 is 15.6 Å². The molecule has 1 heterocycles. The van der Waals surface area contributed by atoms with Gasteiger partial charge in [-0.05, 0) is 25.0 Å². The lowest BCUT2D eigenvalue weighted by atomic mass is 10.3. The third-order valence-corrected chi connectivity index (χ3v) is 3.22. The van der Waals surface area contributed by atoms with E-state index in [1.54, 1.807) is 4.57 Å². The van der Waals surface area contributed by atoms with E-state index in [4.69, 9.17) is 0 Å². The molecular weight excluding hydrogens is 244 g/mol. The summed E-state index contributed by atoms with van der Waals surface area (Å²) in [6.07, 6.45) is 2.13. The van der Waals surface area contributed by atoms with Gasteiger partial charge in [-0.25, -0.2) is 9.59 Å². The fourth-order valence-corrected chi connectivity index (χ4v) is 2.07. The summed E-state index contributed by atoms with van der Waals surface area (Å²) >= 11 is 0. The number of fused-ring (bicyclic) bond motifs is 1. The number of carbonyl (C=O) groups excluding carboxylic acids is 1. The van der Waals surface area contributed by atoms with Crippen molar-refractivity contribution in [3.05, 3.63) is 34.7 Å². The minimum absolute atomic E-state index is 0.148. The fraction of sp³-hybridized carbons (Fsp3) is 0.385. The Kier molecular flexibility index (Phi) is 2.98. The molecule has 19 heavy (non-hydrogen) atoms. The van der Waals surface area contributed by atoms with E-state index in [-0.39, 0.29) is 11.7 Å². The maximum atomic E-state index is 11.8. The predicted molar refractivity (Wildman–Crippen MR) is 72.1 cm³/mol. The Balaban J connectivity index is 1.63. The topological polar surface area (TPSA) is 78.9 Å². The van der Waals surface area contributed by atoms with E-state index in [1.165, 1.54) is 0 Å². The third-order valence-electron chi connectivity index (χ3n) is 3.22. The molecule has 2 aromatic rings. The standard InChI is InChI=1S/C13H16N4O2/c18-12(15-9-5-6-9)14-7-8-17-11-4-2-1-3-10(11)16-13(17)19/h1-4,9H,5-8H2,(H,16,19)(H2,14,15,18). The molecule has 0 spiro atoms. The van der Waals surface area contributed by atoms with Crippen LogP contribution in [-0.4, -0.2) is 28.2 Å². The van der Waals surface area contributed by atoms with Crippen molar-refractivity contribution in [2.75, 3.05) is 6.54 Å². The highest BCUT2D eigenvalue weighted by atomic mass is 16.2. The minimum Gasteiger partial charge on any atom is -0.336 e. The molecule has 0 aliphatic heterocycles. The van der Waals surface area contributed by atoms with Crippen LogP contribution in [-0.2, 0) is 6.54 Å². The maximum Gasteiger partial charge on any atom is 0.326 e. The van der Waals surface area contributed by atoms with E-state index in [0.29, 0.717) is 19.1 Å². The van der Waals surface area contributed by atoms with Crippen LogP contribution in [0.15, 0.2) is 29.1 Å². The molecule has 6 nitrogen and oxygen atoms in total. The molecule has 1 saturated carbocycles. The number of nitrogens with zero attached hydrogens (tertiary/aromatic N) is 1. The number of aromatic amines is 1. The van der Waals surface area contributed by atoms with Gasteiger partial charge in [-0.3, -0.25) is 4.57 Å². The molecular formula is C13H16N4O2.